The summed E-state index contributed by atoms with van der Waals surface area (Å²) in [5, 5.41) is 0. The average Bonchev–Trinajstić information content (AvgIpc) is 2.64. The van der Waals surface area contributed by atoms with E-state index < -0.39 is 17.9 Å². The second-order valence-corrected chi connectivity index (χ2v) is 3.79. The van der Waals surface area contributed by atoms with E-state index in [1.54, 1.807) is 0 Å². The van der Waals surface area contributed by atoms with E-state index in [0.717, 1.165) is 6.42 Å². The monoisotopic (exact) mass is 212 g/mol. The van der Waals surface area contributed by atoms with Gasteiger partial charge in [0, 0.05) is 5.92 Å². The first kappa shape index (κ1) is 11.8. The van der Waals surface area contributed by atoms with Crippen LogP contribution in [-0.4, -0.2) is 26.2 Å². The topological polar surface area (TPSA) is 52.6 Å². The predicted octanol–water partition coefficient (Wildman–Crippen LogP) is 1.16. The van der Waals surface area contributed by atoms with Gasteiger partial charge in [0.1, 0.15) is 0 Å². The zero-order valence-electron chi connectivity index (χ0n) is 9.23. The summed E-state index contributed by atoms with van der Waals surface area (Å²) in [4.78, 5) is 22.9. The number of ether oxygens (including phenoxy) is 2. The molecule has 1 aliphatic rings. The minimum absolute atomic E-state index is 0.0973. The number of methoxy groups -OCH3 is 2. The van der Waals surface area contributed by atoms with Crippen LogP contribution < -0.4 is 0 Å². The van der Waals surface area contributed by atoms with Gasteiger partial charge in [-0.2, -0.15) is 0 Å². The Morgan fingerprint density at radius 2 is 1.73 bits per heavy atom. The molecule has 0 N–H and O–H groups in total. The maximum absolute atomic E-state index is 11.4. The summed E-state index contributed by atoms with van der Waals surface area (Å²) in [6, 6.07) is 0. The second kappa shape index (κ2) is 4.96. The SMILES string of the molecule is COC(=O)C(C(=O)OC)C1C=CC(C)C1. The lowest BCUT2D eigenvalue weighted by atomic mass is 9.90. The molecule has 15 heavy (non-hydrogen) atoms. The van der Waals surface area contributed by atoms with Gasteiger partial charge in [-0.05, 0) is 12.3 Å². The van der Waals surface area contributed by atoms with Crippen LogP contribution in [0.5, 0.6) is 0 Å². The molecule has 0 radical (unpaired) electrons. The van der Waals surface area contributed by atoms with Crippen LogP contribution in [0.3, 0.4) is 0 Å². The van der Waals surface area contributed by atoms with Crippen LogP contribution in [0, 0.1) is 17.8 Å². The highest BCUT2D eigenvalue weighted by atomic mass is 16.5. The average molecular weight is 212 g/mol. The van der Waals surface area contributed by atoms with Crippen molar-refractivity contribution in [2.24, 2.45) is 17.8 Å². The molecule has 2 atom stereocenters. The van der Waals surface area contributed by atoms with Gasteiger partial charge < -0.3 is 9.47 Å². The summed E-state index contributed by atoms with van der Waals surface area (Å²) < 4.78 is 9.22. The predicted molar refractivity (Wildman–Crippen MR) is 53.9 cm³/mol. The number of carbonyl (C=O) groups is 2. The van der Waals surface area contributed by atoms with E-state index in [-0.39, 0.29) is 5.92 Å². The molecule has 0 amide bonds. The fraction of sp³-hybridized carbons (Fsp3) is 0.636. The first-order valence-electron chi connectivity index (χ1n) is 4.94. The lowest BCUT2D eigenvalue weighted by Gasteiger charge is -2.17. The highest BCUT2D eigenvalue weighted by molar-refractivity contribution is 5.95. The van der Waals surface area contributed by atoms with Gasteiger partial charge >= 0.3 is 11.9 Å². The molecule has 0 spiro atoms. The molecule has 0 aliphatic heterocycles. The molecule has 0 fully saturated rings. The first-order chi connectivity index (χ1) is 7.10. The van der Waals surface area contributed by atoms with Crippen LogP contribution in [0.1, 0.15) is 13.3 Å². The van der Waals surface area contributed by atoms with E-state index in [1.807, 2.05) is 19.1 Å². The van der Waals surface area contributed by atoms with Gasteiger partial charge in [-0.25, -0.2) is 0 Å². The molecule has 2 unspecified atom stereocenters. The highest BCUT2D eigenvalue weighted by Crippen LogP contribution is 2.30. The molecule has 0 saturated carbocycles. The zero-order valence-corrected chi connectivity index (χ0v) is 9.23. The quantitative estimate of drug-likeness (QED) is 0.400. The Labute approximate surface area is 89.2 Å². The van der Waals surface area contributed by atoms with Gasteiger partial charge in [0.2, 0.25) is 0 Å². The number of hydrogen-bond donors (Lipinski definition) is 0. The van der Waals surface area contributed by atoms with Gasteiger partial charge in [-0.15, -0.1) is 0 Å². The second-order valence-electron chi connectivity index (χ2n) is 3.79. The molecule has 1 aliphatic carbocycles. The third kappa shape index (κ3) is 2.58. The Balaban J connectivity index is 2.77. The molecule has 0 bridgehead atoms. The molecular formula is C11H16O4. The molecule has 0 aromatic rings. The van der Waals surface area contributed by atoms with Crippen molar-refractivity contribution in [3.05, 3.63) is 12.2 Å². The summed E-state index contributed by atoms with van der Waals surface area (Å²) in [6.45, 7) is 2.04. The molecule has 1 rings (SSSR count). The van der Waals surface area contributed by atoms with Crippen molar-refractivity contribution in [1.82, 2.24) is 0 Å². The third-order valence-corrected chi connectivity index (χ3v) is 2.67. The van der Waals surface area contributed by atoms with Crippen molar-refractivity contribution in [2.45, 2.75) is 13.3 Å². The normalized spacial score (nSPS) is 24.3. The Morgan fingerprint density at radius 1 is 1.20 bits per heavy atom. The number of hydrogen-bond acceptors (Lipinski definition) is 4. The summed E-state index contributed by atoms with van der Waals surface area (Å²) in [7, 11) is 2.56. The third-order valence-electron chi connectivity index (χ3n) is 2.67. The summed E-state index contributed by atoms with van der Waals surface area (Å²) in [5.41, 5.74) is 0. The molecule has 0 aromatic carbocycles. The largest absolute Gasteiger partial charge is 0.468 e. The van der Waals surface area contributed by atoms with Gasteiger partial charge in [0.05, 0.1) is 14.2 Å². The Bertz CT molecular complexity index is 266. The van der Waals surface area contributed by atoms with Gasteiger partial charge in [0.25, 0.3) is 0 Å². The van der Waals surface area contributed by atoms with Gasteiger partial charge in [0.15, 0.2) is 5.92 Å². The van der Waals surface area contributed by atoms with E-state index in [9.17, 15) is 9.59 Å². The van der Waals surface area contributed by atoms with Crippen molar-refractivity contribution >= 4 is 11.9 Å². The van der Waals surface area contributed by atoms with Crippen molar-refractivity contribution in [1.29, 1.82) is 0 Å². The molecule has 0 saturated heterocycles. The molecular weight excluding hydrogens is 196 g/mol. The van der Waals surface area contributed by atoms with Crippen LogP contribution in [0.4, 0.5) is 0 Å². The van der Waals surface area contributed by atoms with E-state index in [0.29, 0.717) is 5.92 Å². The lowest BCUT2D eigenvalue weighted by Crippen LogP contribution is -2.32. The maximum Gasteiger partial charge on any atom is 0.320 e. The standard InChI is InChI=1S/C11H16O4/c1-7-4-5-8(6-7)9(10(12)14-2)11(13)15-3/h4-5,7-9H,6H2,1-3H3. The molecule has 0 heterocycles. The molecule has 4 nitrogen and oxygen atoms in total. The fourth-order valence-corrected chi connectivity index (χ4v) is 1.87. The van der Waals surface area contributed by atoms with Crippen LogP contribution in [0.25, 0.3) is 0 Å². The van der Waals surface area contributed by atoms with E-state index in [1.165, 1.54) is 14.2 Å². The van der Waals surface area contributed by atoms with Crippen LogP contribution >= 0.6 is 0 Å². The fourth-order valence-electron chi connectivity index (χ4n) is 1.87. The Hall–Kier alpha value is -1.32. The van der Waals surface area contributed by atoms with E-state index in [4.69, 9.17) is 0 Å². The smallest absolute Gasteiger partial charge is 0.320 e. The lowest BCUT2D eigenvalue weighted by molar-refractivity contribution is -0.160. The van der Waals surface area contributed by atoms with Crippen molar-refractivity contribution < 1.29 is 19.1 Å². The van der Waals surface area contributed by atoms with Gasteiger partial charge in [-0.1, -0.05) is 19.1 Å². The zero-order chi connectivity index (χ0) is 11.4. The van der Waals surface area contributed by atoms with Crippen LogP contribution in [0.15, 0.2) is 12.2 Å². The summed E-state index contributed by atoms with van der Waals surface area (Å²) in [5.74, 6) is -1.57. The van der Waals surface area contributed by atoms with Crippen LogP contribution in [0.2, 0.25) is 0 Å². The first-order valence-corrected chi connectivity index (χ1v) is 4.94. The Kier molecular flexibility index (Phi) is 3.88. The number of carbonyl (C=O) groups excluding carboxylic acids is 2. The highest BCUT2D eigenvalue weighted by Gasteiger charge is 2.37. The van der Waals surface area contributed by atoms with E-state index in [2.05, 4.69) is 9.47 Å². The summed E-state index contributed by atoms with van der Waals surface area (Å²) >= 11 is 0. The van der Waals surface area contributed by atoms with Crippen molar-refractivity contribution in [2.75, 3.05) is 14.2 Å². The number of allylic oxidation sites excluding steroid dienone is 2. The number of esters is 2. The van der Waals surface area contributed by atoms with Gasteiger partial charge in [-0.3, -0.25) is 9.59 Å². The van der Waals surface area contributed by atoms with E-state index >= 15 is 0 Å². The summed E-state index contributed by atoms with van der Waals surface area (Å²) in [6.07, 6.45) is 4.68. The van der Waals surface area contributed by atoms with Crippen LogP contribution in [-0.2, 0) is 19.1 Å². The maximum atomic E-state index is 11.4. The van der Waals surface area contributed by atoms with Crippen molar-refractivity contribution in [3.63, 3.8) is 0 Å². The molecule has 0 aromatic heterocycles. The van der Waals surface area contributed by atoms with Crippen molar-refractivity contribution in [3.8, 4) is 0 Å². The minimum Gasteiger partial charge on any atom is -0.468 e. The Morgan fingerprint density at radius 3 is 2.07 bits per heavy atom. The minimum atomic E-state index is -0.818. The molecule has 4 heteroatoms. The molecule has 84 valence electrons. The number of rotatable bonds is 3.